The van der Waals surface area contributed by atoms with Crippen LogP contribution in [0.25, 0.3) is 0 Å². The monoisotopic (exact) mass is 403 g/mol. The quantitative estimate of drug-likeness (QED) is 0.283. The number of ether oxygens (including phenoxy) is 4. The van der Waals surface area contributed by atoms with Crippen molar-refractivity contribution in [2.24, 2.45) is 4.99 Å². The van der Waals surface area contributed by atoms with Crippen molar-refractivity contribution >= 4 is 5.96 Å². The summed E-state index contributed by atoms with van der Waals surface area (Å²) in [4.78, 5) is 4.45. The predicted molar refractivity (Wildman–Crippen MR) is 104 cm³/mol. The van der Waals surface area contributed by atoms with Gasteiger partial charge in [-0.25, -0.2) is 4.99 Å². The van der Waals surface area contributed by atoms with Gasteiger partial charge in [-0.05, 0) is 26.3 Å². The van der Waals surface area contributed by atoms with E-state index in [0.717, 1.165) is 6.42 Å². The minimum Gasteiger partial charge on any atom is -0.490 e. The number of aliphatic imine (C=N–C) groups is 1. The fraction of sp³-hybridized carbons (Fsp3) is 0.632. The molecule has 0 atom stereocenters. The molecule has 0 heterocycles. The third kappa shape index (κ3) is 9.70. The second kappa shape index (κ2) is 14.9. The number of hydrogen-bond acceptors (Lipinski definition) is 5. The lowest BCUT2D eigenvalue weighted by molar-refractivity contribution is -0.0520. The van der Waals surface area contributed by atoms with Crippen LogP contribution in [0.2, 0.25) is 0 Å². The summed E-state index contributed by atoms with van der Waals surface area (Å²) < 4.78 is 46.0. The highest BCUT2D eigenvalue weighted by Gasteiger charge is 2.15. The van der Waals surface area contributed by atoms with Crippen LogP contribution >= 0.6 is 0 Å². The molecule has 1 aromatic rings. The Hall–Kier alpha value is -2.13. The first-order chi connectivity index (χ1) is 13.6. The molecule has 9 heteroatoms. The van der Waals surface area contributed by atoms with Gasteiger partial charge in [-0.3, -0.25) is 0 Å². The second-order valence-electron chi connectivity index (χ2n) is 5.64. The van der Waals surface area contributed by atoms with Crippen molar-refractivity contribution in [2.75, 3.05) is 46.6 Å². The zero-order valence-corrected chi connectivity index (χ0v) is 16.8. The lowest BCUT2D eigenvalue weighted by Crippen LogP contribution is -2.38. The number of para-hydroxylation sites is 1. The number of methoxy groups -OCH3 is 1. The molecule has 0 spiro atoms. The third-order valence-corrected chi connectivity index (χ3v) is 3.51. The molecular formula is C19H31F2N3O4. The average molecular weight is 403 g/mol. The van der Waals surface area contributed by atoms with Gasteiger partial charge in [-0.2, -0.15) is 8.78 Å². The Morgan fingerprint density at radius 1 is 1.14 bits per heavy atom. The number of alkyl halides is 2. The van der Waals surface area contributed by atoms with Gasteiger partial charge >= 0.3 is 6.61 Å². The molecule has 2 N–H and O–H groups in total. The van der Waals surface area contributed by atoms with E-state index >= 15 is 0 Å². The molecule has 0 radical (unpaired) electrons. The van der Waals surface area contributed by atoms with E-state index in [2.05, 4.69) is 20.4 Å². The fourth-order valence-corrected chi connectivity index (χ4v) is 2.31. The number of nitrogens with one attached hydrogen (secondary N) is 2. The minimum absolute atomic E-state index is 0.0190. The summed E-state index contributed by atoms with van der Waals surface area (Å²) in [6.45, 7) is 4.40. The summed E-state index contributed by atoms with van der Waals surface area (Å²) in [6, 6.07) is 5.02. The highest BCUT2D eigenvalue weighted by Crippen LogP contribution is 2.33. The Bertz CT molecular complexity index is 574. The van der Waals surface area contributed by atoms with Crippen molar-refractivity contribution < 1.29 is 27.7 Å². The number of nitrogens with zero attached hydrogens (tertiary/aromatic N) is 1. The van der Waals surface area contributed by atoms with Crippen LogP contribution in [0.5, 0.6) is 11.5 Å². The minimum atomic E-state index is -2.94. The first-order valence-electron chi connectivity index (χ1n) is 9.40. The molecule has 28 heavy (non-hydrogen) atoms. The molecule has 0 saturated heterocycles. The fourth-order valence-electron chi connectivity index (χ4n) is 2.31. The first-order valence-corrected chi connectivity index (χ1v) is 9.40. The van der Waals surface area contributed by atoms with Crippen LogP contribution < -0.4 is 20.1 Å². The van der Waals surface area contributed by atoms with Crippen molar-refractivity contribution in [3.63, 3.8) is 0 Å². The molecule has 0 aliphatic carbocycles. The lowest BCUT2D eigenvalue weighted by atomic mass is 10.2. The number of rotatable bonds is 14. The van der Waals surface area contributed by atoms with Gasteiger partial charge in [-0.15, -0.1) is 0 Å². The molecule has 0 aliphatic rings. The van der Waals surface area contributed by atoms with Crippen LogP contribution in [0.4, 0.5) is 8.78 Å². The molecular weight excluding hydrogens is 372 g/mol. The Morgan fingerprint density at radius 3 is 2.64 bits per heavy atom. The zero-order valence-electron chi connectivity index (χ0n) is 16.8. The van der Waals surface area contributed by atoms with Crippen LogP contribution in [0, 0.1) is 0 Å². The Balaban J connectivity index is 2.68. The van der Waals surface area contributed by atoms with Crippen LogP contribution in [0.3, 0.4) is 0 Å². The summed E-state index contributed by atoms with van der Waals surface area (Å²) in [5, 5.41) is 6.31. The van der Waals surface area contributed by atoms with Gasteiger partial charge in [0.2, 0.25) is 0 Å². The van der Waals surface area contributed by atoms with E-state index in [1.165, 1.54) is 0 Å². The van der Waals surface area contributed by atoms with Crippen LogP contribution in [0.1, 0.15) is 25.8 Å². The number of hydrogen-bond donors (Lipinski definition) is 2. The molecule has 0 aromatic heterocycles. The van der Waals surface area contributed by atoms with Gasteiger partial charge in [0.15, 0.2) is 17.5 Å². The summed E-state index contributed by atoms with van der Waals surface area (Å²) in [7, 11) is 1.63. The van der Waals surface area contributed by atoms with Crippen LogP contribution in [-0.4, -0.2) is 59.2 Å². The van der Waals surface area contributed by atoms with E-state index < -0.39 is 6.61 Å². The second-order valence-corrected chi connectivity index (χ2v) is 5.64. The average Bonchev–Trinajstić information content (AvgIpc) is 2.67. The summed E-state index contributed by atoms with van der Waals surface area (Å²) >= 11 is 0. The smallest absolute Gasteiger partial charge is 0.387 e. The van der Waals surface area contributed by atoms with Crippen molar-refractivity contribution in [3.05, 3.63) is 23.8 Å². The van der Waals surface area contributed by atoms with Gasteiger partial charge in [0.25, 0.3) is 0 Å². The van der Waals surface area contributed by atoms with Gasteiger partial charge < -0.3 is 29.6 Å². The molecule has 1 aromatic carbocycles. The first kappa shape index (κ1) is 23.9. The molecule has 0 bridgehead atoms. The topological polar surface area (TPSA) is 73.3 Å². The molecule has 1 rings (SSSR count). The highest BCUT2D eigenvalue weighted by molar-refractivity contribution is 5.79. The van der Waals surface area contributed by atoms with Gasteiger partial charge in [0.05, 0.1) is 26.4 Å². The number of benzene rings is 1. The van der Waals surface area contributed by atoms with E-state index in [-0.39, 0.29) is 18.0 Å². The Kier molecular flexibility index (Phi) is 12.7. The molecule has 0 fully saturated rings. The normalized spacial score (nSPS) is 11.6. The predicted octanol–water partition coefficient (Wildman–Crippen LogP) is 2.79. The molecule has 7 nitrogen and oxygen atoms in total. The maximum atomic E-state index is 12.8. The summed E-state index contributed by atoms with van der Waals surface area (Å²) in [5.74, 6) is 0.886. The van der Waals surface area contributed by atoms with Crippen molar-refractivity contribution in [1.29, 1.82) is 0 Å². The molecule has 160 valence electrons. The SMILES string of the molecule is CCNC(=NCc1cccc(OCC)c1OC(F)F)NCCCOCCOC. The van der Waals surface area contributed by atoms with Crippen molar-refractivity contribution in [2.45, 2.75) is 33.4 Å². The third-order valence-electron chi connectivity index (χ3n) is 3.51. The van der Waals surface area contributed by atoms with Gasteiger partial charge in [-0.1, -0.05) is 12.1 Å². The van der Waals surface area contributed by atoms with E-state index in [0.29, 0.717) is 51.0 Å². The standard InChI is InChI=1S/C19H31F2N3O4/c1-4-22-19(23-10-7-11-26-13-12-25-3)24-14-15-8-6-9-16(27-5-2)17(15)28-18(20)21/h6,8-9,18H,4-5,7,10-14H2,1-3H3,(H2,22,23,24). The van der Waals surface area contributed by atoms with E-state index in [1.807, 2.05) is 6.92 Å². The summed E-state index contributed by atoms with van der Waals surface area (Å²) in [5.41, 5.74) is 0.520. The van der Waals surface area contributed by atoms with Crippen molar-refractivity contribution in [3.8, 4) is 11.5 Å². The van der Waals surface area contributed by atoms with Crippen LogP contribution in [-0.2, 0) is 16.0 Å². The maximum absolute atomic E-state index is 12.8. The largest absolute Gasteiger partial charge is 0.490 e. The van der Waals surface area contributed by atoms with Gasteiger partial charge in [0, 0.05) is 32.4 Å². The molecule has 0 aliphatic heterocycles. The Morgan fingerprint density at radius 2 is 1.96 bits per heavy atom. The van der Waals surface area contributed by atoms with E-state index in [1.54, 1.807) is 32.2 Å². The Labute approximate surface area is 165 Å². The molecule has 0 amide bonds. The summed E-state index contributed by atoms with van der Waals surface area (Å²) in [6.07, 6.45) is 0.799. The van der Waals surface area contributed by atoms with Gasteiger partial charge in [0.1, 0.15) is 0 Å². The number of guanidine groups is 1. The maximum Gasteiger partial charge on any atom is 0.387 e. The highest BCUT2D eigenvalue weighted by atomic mass is 19.3. The van der Waals surface area contributed by atoms with Crippen molar-refractivity contribution in [1.82, 2.24) is 10.6 Å². The van der Waals surface area contributed by atoms with E-state index in [9.17, 15) is 8.78 Å². The van der Waals surface area contributed by atoms with E-state index in [4.69, 9.17) is 14.2 Å². The molecule has 0 saturated carbocycles. The number of halogens is 2. The zero-order chi connectivity index (χ0) is 20.6. The lowest BCUT2D eigenvalue weighted by Gasteiger charge is -2.15. The van der Waals surface area contributed by atoms with Crippen LogP contribution in [0.15, 0.2) is 23.2 Å². The molecule has 0 unspecified atom stereocenters.